The summed E-state index contributed by atoms with van der Waals surface area (Å²) >= 11 is 0. The molecule has 3 nitrogen and oxygen atoms in total. The van der Waals surface area contributed by atoms with E-state index in [0.29, 0.717) is 44.1 Å². The number of benzene rings is 1. The van der Waals surface area contributed by atoms with Gasteiger partial charge in [0.2, 0.25) is 0 Å². The number of hydrogen-bond acceptors (Lipinski definition) is 3. The molecule has 0 amide bonds. The van der Waals surface area contributed by atoms with Gasteiger partial charge in [0.15, 0.2) is 0 Å². The highest BCUT2D eigenvalue weighted by Gasteiger charge is 2.42. The van der Waals surface area contributed by atoms with Crippen LogP contribution in [0.15, 0.2) is 18.2 Å². The van der Waals surface area contributed by atoms with Gasteiger partial charge in [0, 0.05) is 32.1 Å². The zero-order chi connectivity index (χ0) is 16.7. The van der Waals surface area contributed by atoms with E-state index in [1.54, 1.807) is 0 Å². The Labute approximate surface area is 132 Å². The third-order valence-electron chi connectivity index (χ3n) is 4.92. The van der Waals surface area contributed by atoms with Crippen LogP contribution in [0.5, 0.6) is 0 Å². The quantitative estimate of drug-likeness (QED) is 0.817. The van der Waals surface area contributed by atoms with Crippen LogP contribution in [-0.2, 0) is 12.7 Å². The van der Waals surface area contributed by atoms with Gasteiger partial charge in [0.25, 0.3) is 0 Å². The molecular formula is C16H20F4N2O. The second-order valence-electron chi connectivity index (χ2n) is 6.59. The van der Waals surface area contributed by atoms with Gasteiger partial charge in [-0.25, -0.2) is 4.39 Å². The van der Waals surface area contributed by atoms with Gasteiger partial charge in [0.1, 0.15) is 5.82 Å². The number of aliphatic hydroxyl groups is 1. The van der Waals surface area contributed by atoms with Crippen LogP contribution >= 0.6 is 0 Å². The summed E-state index contributed by atoms with van der Waals surface area (Å²) in [7, 11) is 0. The number of piperidine rings is 2. The maximum Gasteiger partial charge on any atom is 0.416 e. The van der Waals surface area contributed by atoms with Crippen LogP contribution in [-0.4, -0.2) is 41.8 Å². The van der Waals surface area contributed by atoms with Crippen molar-refractivity contribution in [3.05, 3.63) is 35.1 Å². The Morgan fingerprint density at radius 3 is 2.78 bits per heavy atom. The Hall–Kier alpha value is -1.18. The summed E-state index contributed by atoms with van der Waals surface area (Å²) in [6.07, 6.45) is -3.25. The lowest BCUT2D eigenvalue weighted by molar-refractivity contribution is -0.137. The SMILES string of the molecule is O[C@]12CCNC[C@H]1CN(Cc1cc(F)cc(C(F)(F)F)c1)CC2. The molecule has 0 radical (unpaired) electrons. The lowest BCUT2D eigenvalue weighted by atomic mass is 9.76. The number of likely N-dealkylation sites (tertiary alicyclic amines) is 1. The van der Waals surface area contributed by atoms with E-state index < -0.39 is 23.2 Å². The fourth-order valence-electron chi connectivity index (χ4n) is 3.60. The maximum absolute atomic E-state index is 13.5. The smallest absolute Gasteiger partial charge is 0.389 e. The molecular weight excluding hydrogens is 312 g/mol. The summed E-state index contributed by atoms with van der Waals surface area (Å²) in [6.45, 7) is 2.94. The Morgan fingerprint density at radius 1 is 1.26 bits per heavy atom. The summed E-state index contributed by atoms with van der Waals surface area (Å²) in [6, 6.07) is 2.67. The first-order chi connectivity index (χ1) is 10.8. The molecule has 0 saturated carbocycles. The molecule has 2 aliphatic heterocycles. The molecule has 2 aliphatic rings. The molecule has 2 N–H and O–H groups in total. The van der Waals surface area contributed by atoms with Crippen molar-refractivity contribution in [3.63, 3.8) is 0 Å². The maximum atomic E-state index is 13.5. The summed E-state index contributed by atoms with van der Waals surface area (Å²) in [5.41, 5.74) is -1.33. The van der Waals surface area contributed by atoms with E-state index in [9.17, 15) is 22.7 Å². The number of alkyl halides is 3. The van der Waals surface area contributed by atoms with E-state index in [4.69, 9.17) is 0 Å². The molecule has 3 rings (SSSR count). The highest BCUT2D eigenvalue weighted by atomic mass is 19.4. The molecule has 0 aliphatic carbocycles. The Balaban J connectivity index is 1.72. The van der Waals surface area contributed by atoms with E-state index >= 15 is 0 Å². The van der Waals surface area contributed by atoms with Crippen molar-refractivity contribution in [2.24, 2.45) is 5.92 Å². The van der Waals surface area contributed by atoms with Gasteiger partial charge in [-0.1, -0.05) is 0 Å². The summed E-state index contributed by atoms with van der Waals surface area (Å²) in [5.74, 6) is -0.816. The van der Waals surface area contributed by atoms with Crippen LogP contribution in [0.4, 0.5) is 17.6 Å². The molecule has 1 aromatic rings. The number of hydrogen-bond donors (Lipinski definition) is 2. The minimum atomic E-state index is -4.55. The van der Waals surface area contributed by atoms with Crippen LogP contribution < -0.4 is 5.32 Å². The molecule has 1 aromatic carbocycles. The second-order valence-corrected chi connectivity index (χ2v) is 6.59. The third kappa shape index (κ3) is 3.67. The minimum absolute atomic E-state index is 0.0562. The Bertz CT molecular complexity index is 578. The monoisotopic (exact) mass is 332 g/mol. The fourth-order valence-corrected chi connectivity index (χ4v) is 3.60. The van der Waals surface area contributed by atoms with Crippen LogP contribution in [0.1, 0.15) is 24.0 Å². The zero-order valence-electron chi connectivity index (χ0n) is 12.7. The molecule has 23 heavy (non-hydrogen) atoms. The largest absolute Gasteiger partial charge is 0.416 e. The normalized spacial score (nSPS) is 29.3. The number of nitrogens with one attached hydrogen (secondary N) is 1. The van der Waals surface area contributed by atoms with Crippen molar-refractivity contribution in [2.45, 2.75) is 31.2 Å². The molecule has 0 aromatic heterocycles. The van der Waals surface area contributed by atoms with Gasteiger partial charge in [-0.05, 0) is 43.1 Å². The molecule has 0 unspecified atom stereocenters. The van der Waals surface area contributed by atoms with Crippen molar-refractivity contribution in [1.29, 1.82) is 0 Å². The third-order valence-corrected chi connectivity index (χ3v) is 4.92. The number of nitrogens with zero attached hydrogens (tertiary/aromatic N) is 1. The number of halogens is 4. The van der Waals surface area contributed by atoms with E-state index in [-0.39, 0.29) is 12.5 Å². The lowest BCUT2D eigenvalue weighted by Gasteiger charge is -2.47. The van der Waals surface area contributed by atoms with Crippen molar-refractivity contribution in [1.82, 2.24) is 10.2 Å². The first-order valence-corrected chi connectivity index (χ1v) is 7.78. The minimum Gasteiger partial charge on any atom is -0.389 e. The predicted molar refractivity (Wildman–Crippen MR) is 77.2 cm³/mol. The molecule has 7 heteroatoms. The Morgan fingerprint density at radius 2 is 2.04 bits per heavy atom. The van der Waals surface area contributed by atoms with Crippen LogP contribution in [0.25, 0.3) is 0 Å². The summed E-state index contributed by atoms with van der Waals surface area (Å²) < 4.78 is 51.8. The highest BCUT2D eigenvalue weighted by Crippen LogP contribution is 2.34. The highest BCUT2D eigenvalue weighted by molar-refractivity contribution is 5.27. The van der Waals surface area contributed by atoms with Crippen molar-refractivity contribution < 1.29 is 22.7 Å². The fraction of sp³-hybridized carbons (Fsp3) is 0.625. The summed E-state index contributed by atoms with van der Waals surface area (Å²) in [4.78, 5) is 1.99. The van der Waals surface area contributed by atoms with Gasteiger partial charge >= 0.3 is 6.18 Å². The van der Waals surface area contributed by atoms with Gasteiger partial charge in [-0.15, -0.1) is 0 Å². The van der Waals surface area contributed by atoms with Gasteiger partial charge in [0.05, 0.1) is 11.2 Å². The standard InChI is InChI=1S/C16H20F4N2O/c17-14-6-11(5-12(7-14)16(18,19)20)9-22-4-2-15(23)1-3-21-8-13(15)10-22/h5-7,13,21,23H,1-4,8-10H2/t13-,15-/m0/s1. The zero-order valence-corrected chi connectivity index (χ0v) is 12.7. The van der Waals surface area contributed by atoms with E-state index in [2.05, 4.69) is 5.32 Å². The first kappa shape index (κ1) is 16.7. The van der Waals surface area contributed by atoms with Gasteiger partial charge in [-0.2, -0.15) is 13.2 Å². The molecule has 128 valence electrons. The Kier molecular flexibility index (Phi) is 4.37. The average Bonchev–Trinajstić information content (AvgIpc) is 2.46. The topological polar surface area (TPSA) is 35.5 Å². The van der Waals surface area contributed by atoms with Crippen LogP contribution in [0.3, 0.4) is 0 Å². The molecule has 2 atom stereocenters. The van der Waals surface area contributed by atoms with Crippen LogP contribution in [0.2, 0.25) is 0 Å². The number of rotatable bonds is 2. The van der Waals surface area contributed by atoms with Crippen LogP contribution in [0, 0.1) is 11.7 Å². The van der Waals surface area contributed by atoms with Crippen molar-refractivity contribution in [3.8, 4) is 0 Å². The molecule has 2 heterocycles. The first-order valence-electron chi connectivity index (χ1n) is 7.78. The molecule has 2 saturated heterocycles. The van der Waals surface area contributed by atoms with Crippen molar-refractivity contribution in [2.75, 3.05) is 26.2 Å². The number of fused-ring (bicyclic) bond motifs is 1. The van der Waals surface area contributed by atoms with Gasteiger partial charge in [-0.3, -0.25) is 4.90 Å². The second kappa shape index (κ2) is 6.03. The van der Waals surface area contributed by atoms with Gasteiger partial charge < -0.3 is 10.4 Å². The van der Waals surface area contributed by atoms with Crippen molar-refractivity contribution >= 4 is 0 Å². The molecule has 2 fully saturated rings. The molecule has 0 bridgehead atoms. The predicted octanol–water partition coefficient (Wildman–Crippen LogP) is 2.39. The van der Waals surface area contributed by atoms with E-state index in [0.717, 1.165) is 18.7 Å². The van der Waals surface area contributed by atoms with E-state index in [1.807, 2.05) is 4.90 Å². The van der Waals surface area contributed by atoms with E-state index in [1.165, 1.54) is 0 Å². The summed E-state index contributed by atoms with van der Waals surface area (Å²) in [5, 5.41) is 13.8. The molecule has 0 spiro atoms. The average molecular weight is 332 g/mol. The lowest BCUT2D eigenvalue weighted by Crippen LogP contribution is -2.58.